The lowest BCUT2D eigenvalue weighted by atomic mass is 9.95. The van der Waals surface area contributed by atoms with Gasteiger partial charge in [0, 0.05) is 11.4 Å². The third kappa shape index (κ3) is 4.19. The fourth-order valence-corrected chi connectivity index (χ4v) is 3.32. The van der Waals surface area contributed by atoms with Crippen molar-refractivity contribution in [2.24, 2.45) is 0 Å². The molecule has 1 aromatic carbocycles. The lowest BCUT2D eigenvalue weighted by Gasteiger charge is -2.24. The van der Waals surface area contributed by atoms with Gasteiger partial charge in [-0.3, -0.25) is 4.79 Å². The van der Waals surface area contributed by atoms with Gasteiger partial charge in [0.05, 0.1) is 5.56 Å². The highest BCUT2D eigenvalue weighted by atomic mass is 35.5. The highest BCUT2D eigenvalue weighted by Crippen LogP contribution is 2.36. The third-order valence-corrected chi connectivity index (χ3v) is 4.80. The molecule has 1 heterocycles. The van der Waals surface area contributed by atoms with Crippen molar-refractivity contribution in [2.75, 3.05) is 12.0 Å². The molecule has 2 unspecified atom stereocenters. The number of carboxylic acids is 1. The first kappa shape index (κ1) is 19.4. The lowest BCUT2D eigenvalue weighted by molar-refractivity contribution is -0.139. The summed E-state index contributed by atoms with van der Waals surface area (Å²) in [6.45, 7) is 1.69. The van der Waals surface area contributed by atoms with Gasteiger partial charge in [-0.25, -0.2) is 9.59 Å². The number of ether oxygens (including phenoxy) is 1. The number of carboxylic acid groups (broad SMARTS) is 1. The monoisotopic (exact) mass is 387 g/mol. The lowest BCUT2D eigenvalue weighted by Crippen LogP contribution is -2.41. The number of phenols is 1. The normalized spacial score (nSPS) is 17.4. The van der Waals surface area contributed by atoms with E-state index in [4.69, 9.17) is 16.3 Å². The minimum absolute atomic E-state index is 0.147. The summed E-state index contributed by atoms with van der Waals surface area (Å²) >= 11 is 7.61. The van der Waals surface area contributed by atoms with Crippen LogP contribution in [-0.4, -0.2) is 52.2 Å². The van der Waals surface area contributed by atoms with Crippen LogP contribution in [0, 0.1) is 0 Å². The highest BCUT2D eigenvalue weighted by molar-refractivity contribution is 7.98. The van der Waals surface area contributed by atoms with Crippen LogP contribution in [0.3, 0.4) is 0 Å². The first-order valence-electron chi connectivity index (χ1n) is 7.54. The molecule has 7 nitrogen and oxygen atoms in total. The minimum atomic E-state index is -1.18. The second-order valence-electron chi connectivity index (χ2n) is 5.67. The summed E-state index contributed by atoms with van der Waals surface area (Å²) in [7, 11) is 0. The number of carbonyl (C=O) groups is 3. The molecule has 0 bridgehead atoms. The van der Waals surface area contributed by atoms with Crippen molar-refractivity contribution in [3.63, 3.8) is 0 Å². The summed E-state index contributed by atoms with van der Waals surface area (Å²) in [6.07, 6.45) is 1.98. The number of aromatic hydroxyl groups is 1. The number of carbonyl (C=O) groups excluding carboxylic acids is 2. The molecule has 2 atom stereocenters. The van der Waals surface area contributed by atoms with E-state index in [0.717, 1.165) is 0 Å². The van der Waals surface area contributed by atoms with Gasteiger partial charge in [-0.15, -0.1) is 0 Å². The number of rotatable bonds is 6. The van der Waals surface area contributed by atoms with E-state index in [2.05, 4.69) is 5.32 Å². The Morgan fingerprint density at radius 3 is 2.80 bits per heavy atom. The Hall–Kier alpha value is -1.93. The summed E-state index contributed by atoms with van der Waals surface area (Å²) < 4.78 is 5.07. The van der Waals surface area contributed by atoms with Crippen LogP contribution in [0.1, 0.15) is 39.6 Å². The number of thioether (sulfide) groups is 1. The summed E-state index contributed by atoms with van der Waals surface area (Å²) in [6, 6.07) is 0.130. The Bertz CT molecular complexity index is 723. The number of amides is 1. The van der Waals surface area contributed by atoms with Crippen molar-refractivity contribution < 1.29 is 29.3 Å². The predicted molar refractivity (Wildman–Crippen MR) is 93.6 cm³/mol. The fourth-order valence-electron chi connectivity index (χ4n) is 2.57. The van der Waals surface area contributed by atoms with E-state index in [9.17, 15) is 24.6 Å². The van der Waals surface area contributed by atoms with Crippen LogP contribution in [0.25, 0.3) is 0 Å². The molecule has 1 aliphatic heterocycles. The molecule has 2 rings (SSSR count). The SMILES string of the molecule is CSCCC(NC(=O)c1cc(Cl)c2c(c1O)C(=O)OC(C)C2)C(=O)O. The maximum absolute atomic E-state index is 12.4. The van der Waals surface area contributed by atoms with Gasteiger partial charge in [0.1, 0.15) is 23.5 Å². The van der Waals surface area contributed by atoms with Crippen LogP contribution in [0.2, 0.25) is 5.02 Å². The number of cyclic esters (lactones) is 1. The van der Waals surface area contributed by atoms with Crippen molar-refractivity contribution in [2.45, 2.75) is 31.9 Å². The molecule has 1 aliphatic rings. The number of aliphatic carboxylic acids is 1. The molecule has 0 fully saturated rings. The van der Waals surface area contributed by atoms with Gasteiger partial charge >= 0.3 is 11.9 Å². The van der Waals surface area contributed by atoms with Gasteiger partial charge in [-0.1, -0.05) is 11.6 Å². The van der Waals surface area contributed by atoms with E-state index < -0.39 is 29.6 Å². The standard InChI is InChI=1S/C16H18ClNO6S/c1-7-5-8-10(17)6-9(13(19)12(8)16(23)24-7)14(20)18-11(15(21)22)3-4-25-2/h6-7,11,19H,3-5H2,1-2H3,(H,18,20)(H,21,22). The van der Waals surface area contributed by atoms with E-state index in [-0.39, 0.29) is 28.7 Å². The molecule has 3 N–H and O–H groups in total. The Labute approximate surface area is 153 Å². The Balaban J connectivity index is 2.35. The minimum Gasteiger partial charge on any atom is -0.506 e. The molecule has 0 spiro atoms. The molecular weight excluding hydrogens is 370 g/mol. The molecule has 9 heteroatoms. The number of hydrogen-bond donors (Lipinski definition) is 3. The molecule has 0 saturated carbocycles. The van der Waals surface area contributed by atoms with E-state index in [1.807, 2.05) is 6.26 Å². The quantitative estimate of drug-likeness (QED) is 0.640. The van der Waals surface area contributed by atoms with Crippen LogP contribution < -0.4 is 5.32 Å². The van der Waals surface area contributed by atoms with E-state index in [0.29, 0.717) is 17.7 Å². The van der Waals surface area contributed by atoms with Crippen LogP contribution >= 0.6 is 23.4 Å². The molecule has 136 valence electrons. The van der Waals surface area contributed by atoms with Crippen molar-refractivity contribution in [1.82, 2.24) is 5.32 Å². The zero-order valence-electron chi connectivity index (χ0n) is 13.7. The number of phenolic OH excluding ortho intramolecular Hbond substituents is 1. The first-order chi connectivity index (χ1) is 11.8. The highest BCUT2D eigenvalue weighted by Gasteiger charge is 2.32. The largest absolute Gasteiger partial charge is 0.506 e. The van der Waals surface area contributed by atoms with Gasteiger partial charge < -0.3 is 20.3 Å². The van der Waals surface area contributed by atoms with Crippen molar-refractivity contribution in [3.05, 3.63) is 27.8 Å². The van der Waals surface area contributed by atoms with Crippen molar-refractivity contribution in [1.29, 1.82) is 0 Å². The Kier molecular flexibility index (Phi) is 6.18. The maximum atomic E-state index is 12.4. The molecule has 0 aromatic heterocycles. The van der Waals surface area contributed by atoms with Crippen molar-refractivity contribution in [3.8, 4) is 5.75 Å². The number of nitrogens with one attached hydrogen (secondary N) is 1. The molecule has 25 heavy (non-hydrogen) atoms. The van der Waals surface area contributed by atoms with Crippen molar-refractivity contribution >= 4 is 41.2 Å². The molecule has 1 amide bonds. The number of fused-ring (bicyclic) bond motifs is 1. The summed E-state index contributed by atoms with van der Waals surface area (Å²) in [5, 5.41) is 22.0. The van der Waals surface area contributed by atoms with Crippen LogP contribution in [0.15, 0.2) is 6.07 Å². The van der Waals surface area contributed by atoms with E-state index >= 15 is 0 Å². The first-order valence-corrected chi connectivity index (χ1v) is 9.31. The van der Waals surface area contributed by atoms with Gasteiger partial charge in [0.2, 0.25) is 0 Å². The van der Waals surface area contributed by atoms with Crippen LogP contribution in [-0.2, 0) is 16.0 Å². The third-order valence-electron chi connectivity index (χ3n) is 3.82. The second kappa shape index (κ2) is 7.97. The molecule has 0 radical (unpaired) electrons. The number of benzene rings is 1. The maximum Gasteiger partial charge on any atom is 0.342 e. The summed E-state index contributed by atoms with van der Waals surface area (Å²) in [5.74, 6) is -2.78. The number of halogens is 1. The average Bonchev–Trinajstić information content (AvgIpc) is 2.53. The van der Waals surface area contributed by atoms with Gasteiger partial charge in [0.15, 0.2) is 0 Å². The number of hydrogen-bond acceptors (Lipinski definition) is 6. The Morgan fingerprint density at radius 1 is 1.52 bits per heavy atom. The van der Waals surface area contributed by atoms with Gasteiger partial charge in [-0.2, -0.15) is 11.8 Å². The smallest absolute Gasteiger partial charge is 0.342 e. The topological polar surface area (TPSA) is 113 Å². The average molecular weight is 388 g/mol. The van der Waals surface area contributed by atoms with Crippen LogP contribution in [0.4, 0.5) is 0 Å². The second-order valence-corrected chi connectivity index (χ2v) is 7.07. The van der Waals surface area contributed by atoms with Crippen LogP contribution in [0.5, 0.6) is 5.75 Å². The van der Waals surface area contributed by atoms with E-state index in [1.54, 1.807) is 6.92 Å². The van der Waals surface area contributed by atoms with E-state index in [1.165, 1.54) is 17.8 Å². The zero-order valence-corrected chi connectivity index (χ0v) is 15.2. The summed E-state index contributed by atoms with van der Waals surface area (Å²) in [5.41, 5.74) is 0.00836. The predicted octanol–water partition coefficient (Wildman–Crippen LogP) is 2.08. The van der Waals surface area contributed by atoms with Gasteiger partial charge in [0.25, 0.3) is 5.91 Å². The van der Waals surface area contributed by atoms with Gasteiger partial charge in [-0.05, 0) is 37.0 Å². The molecule has 1 aromatic rings. The zero-order chi connectivity index (χ0) is 18.7. The number of esters is 1. The molecule has 0 aliphatic carbocycles. The molecule has 0 saturated heterocycles. The summed E-state index contributed by atoms with van der Waals surface area (Å²) in [4.78, 5) is 35.7. The molecular formula is C16H18ClNO6S. The Morgan fingerprint density at radius 2 is 2.20 bits per heavy atom. The fraction of sp³-hybridized carbons (Fsp3) is 0.438.